The summed E-state index contributed by atoms with van der Waals surface area (Å²) in [6, 6.07) is 12.0. The highest BCUT2D eigenvalue weighted by Gasteiger charge is 2.12. The van der Waals surface area contributed by atoms with Crippen molar-refractivity contribution in [1.82, 2.24) is 4.98 Å². The summed E-state index contributed by atoms with van der Waals surface area (Å²) in [5.41, 5.74) is 4.08. The lowest BCUT2D eigenvalue weighted by Crippen LogP contribution is -2.06. The summed E-state index contributed by atoms with van der Waals surface area (Å²) in [4.78, 5) is 4.32. The topological polar surface area (TPSA) is 33.1 Å². The molecule has 0 aliphatic rings. The zero-order valence-corrected chi connectivity index (χ0v) is 10.2. The van der Waals surface area contributed by atoms with E-state index in [1.165, 1.54) is 0 Å². The van der Waals surface area contributed by atoms with Gasteiger partial charge in [-0.05, 0) is 30.5 Å². The van der Waals surface area contributed by atoms with E-state index < -0.39 is 6.10 Å². The van der Waals surface area contributed by atoms with Crippen molar-refractivity contribution >= 4 is 0 Å². The first-order valence-corrected chi connectivity index (χ1v) is 5.82. The van der Waals surface area contributed by atoms with Crippen molar-refractivity contribution in [3.8, 4) is 0 Å². The number of rotatable bonds is 3. The largest absolute Gasteiger partial charge is 0.386 e. The smallest absolute Gasteiger partial charge is 0.100 e. The minimum atomic E-state index is -0.530. The van der Waals surface area contributed by atoms with Crippen LogP contribution in [0.3, 0.4) is 0 Å². The summed E-state index contributed by atoms with van der Waals surface area (Å²) in [6.07, 6.45) is 1.88. The maximum Gasteiger partial charge on any atom is 0.100 e. The molecule has 1 unspecified atom stereocenters. The van der Waals surface area contributed by atoms with Gasteiger partial charge in [0, 0.05) is 12.6 Å². The summed E-state index contributed by atoms with van der Waals surface area (Å²) < 4.78 is 0. The Labute approximate surface area is 102 Å². The molecular weight excluding hydrogens is 210 g/mol. The lowest BCUT2D eigenvalue weighted by atomic mass is 10.0. The molecule has 0 fully saturated rings. The highest BCUT2D eigenvalue weighted by atomic mass is 16.3. The normalized spacial score (nSPS) is 12.4. The number of aliphatic hydroxyl groups is 1. The van der Waals surface area contributed by atoms with Crippen molar-refractivity contribution in [3.63, 3.8) is 0 Å². The van der Waals surface area contributed by atoms with Gasteiger partial charge in [-0.2, -0.15) is 0 Å². The molecule has 0 aliphatic carbocycles. The Morgan fingerprint density at radius 1 is 1.18 bits per heavy atom. The molecule has 0 amide bonds. The van der Waals surface area contributed by atoms with Gasteiger partial charge in [-0.3, -0.25) is 4.98 Å². The van der Waals surface area contributed by atoms with Gasteiger partial charge in [0.25, 0.3) is 0 Å². The Morgan fingerprint density at radius 3 is 2.53 bits per heavy atom. The highest BCUT2D eigenvalue weighted by molar-refractivity contribution is 5.26. The Hall–Kier alpha value is -1.67. The van der Waals surface area contributed by atoms with Crippen molar-refractivity contribution in [2.75, 3.05) is 0 Å². The van der Waals surface area contributed by atoms with Crippen LogP contribution in [-0.4, -0.2) is 10.1 Å². The lowest BCUT2D eigenvalue weighted by molar-refractivity contribution is 0.173. The van der Waals surface area contributed by atoms with E-state index in [0.717, 1.165) is 22.4 Å². The lowest BCUT2D eigenvalue weighted by Gasteiger charge is -2.13. The fourth-order valence-electron chi connectivity index (χ4n) is 2.01. The van der Waals surface area contributed by atoms with Crippen LogP contribution in [-0.2, 0) is 6.42 Å². The number of hydrogen-bond donors (Lipinski definition) is 1. The molecule has 1 N–H and O–H groups in total. The van der Waals surface area contributed by atoms with Gasteiger partial charge < -0.3 is 5.11 Å². The second kappa shape index (κ2) is 5.11. The van der Waals surface area contributed by atoms with Crippen LogP contribution in [0.4, 0.5) is 0 Å². The van der Waals surface area contributed by atoms with Gasteiger partial charge in [0.1, 0.15) is 6.10 Å². The van der Waals surface area contributed by atoms with Crippen LogP contribution in [0.25, 0.3) is 0 Å². The molecule has 0 spiro atoms. The summed E-state index contributed by atoms with van der Waals surface area (Å²) in [5, 5.41) is 10.2. The predicted molar refractivity (Wildman–Crippen MR) is 68.8 cm³/mol. The number of aromatic nitrogens is 1. The third kappa shape index (κ3) is 2.92. The summed E-state index contributed by atoms with van der Waals surface area (Å²) >= 11 is 0. The minimum absolute atomic E-state index is 0.530. The Kier molecular flexibility index (Phi) is 3.55. The molecule has 2 rings (SSSR count). The van der Waals surface area contributed by atoms with Crippen molar-refractivity contribution in [1.29, 1.82) is 0 Å². The van der Waals surface area contributed by atoms with E-state index in [-0.39, 0.29) is 0 Å². The van der Waals surface area contributed by atoms with Crippen LogP contribution in [0.15, 0.2) is 42.6 Å². The Bertz CT molecular complexity index is 494. The zero-order valence-electron chi connectivity index (χ0n) is 10.2. The first-order valence-electron chi connectivity index (χ1n) is 5.82. The summed E-state index contributed by atoms with van der Waals surface area (Å²) in [7, 11) is 0. The van der Waals surface area contributed by atoms with E-state index >= 15 is 0 Å². The molecular formula is C15H17NO. The second-order valence-corrected chi connectivity index (χ2v) is 4.42. The first kappa shape index (κ1) is 11.8. The van der Waals surface area contributed by atoms with Crippen LogP contribution >= 0.6 is 0 Å². The molecule has 88 valence electrons. The third-order valence-electron chi connectivity index (χ3n) is 2.84. The standard InChI is InChI=1S/C15H17NO/c1-11-8-12(2)15(16-10-11)14(17)9-13-6-4-3-5-7-13/h3-8,10,14,17H,9H2,1-2H3. The van der Waals surface area contributed by atoms with Gasteiger partial charge in [0.15, 0.2) is 0 Å². The Balaban J connectivity index is 2.17. The summed E-state index contributed by atoms with van der Waals surface area (Å²) in [5.74, 6) is 0. The highest BCUT2D eigenvalue weighted by Crippen LogP contribution is 2.20. The predicted octanol–water partition coefficient (Wildman–Crippen LogP) is 2.97. The van der Waals surface area contributed by atoms with Gasteiger partial charge in [-0.15, -0.1) is 0 Å². The van der Waals surface area contributed by atoms with Gasteiger partial charge >= 0.3 is 0 Å². The maximum atomic E-state index is 10.2. The average Bonchev–Trinajstić information content (AvgIpc) is 2.30. The van der Waals surface area contributed by atoms with Gasteiger partial charge in [0.2, 0.25) is 0 Å². The van der Waals surface area contributed by atoms with E-state index in [1.54, 1.807) is 6.20 Å². The number of hydrogen-bond acceptors (Lipinski definition) is 2. The number of aryl methyl sites for hydroxylation is 2. The fraction of sp³-hybridized carbons (Fsp3) is 0.267. The fourth-order valence-corrected chi connectivity index (χ4v) is 2.01. The monoisotopic (exact) mass is 227 g/mol. The number of benzene rings is 1. The third-order valence-corrected chi connectivity index (χ3v) is 2.84. The van der Waals surface area contributed by atoms with Crippen LogP contribution in [0.1, 0.15) is 28.5 Å². The molecule has 1 aromatic carbocycles. The van der Waals surface area contributed by atoms with Crippen molar-refractivity contribution in [2.45, 2.75) is 26.4 Å². The van der Waals surface area contributed by atoms with Crippen molar-refractivity contribution in [3.05, 3.63) is 65.0 Å². The van der Waals surface area contributed by atoms with Crippen molar-refractivity contribution < 1.29 is 5.11 Å². The van der Waals surface area contributed by atoms with Crippen LogP contribution in [0.2, 0.25) is 0 Å². The molecule has 2 nitrogen and oxygen atoms in total. The summed E-state index contributed by atoms with van der Waals surface area (Å²) in [6.45, 7) is 4.00. The van der Waals surface area contributed by atoms with Crippen molar-refractivity contribution in [2.24, 2.45) is 0 Å². The zero-order chi connectivity index (χ0) is 12.3. The molecule has 0 radical (unpaired) electrons. The first-order chi connectivity index (χ1) is 8.16. The number of aliphatic hydroxyl groups excluding tert-OH is 1. The minimum Gasteiger partial charge on any atom is -0.386 e. The molecule has 0 saturated carbocycles. The van der Waals surface area contributed by atoms with E-state index in [9.17, 15) is 5.11 Å². The molecule has 1 aromatic heterocycles. The maximum absolute atomic E-state index is 10.2. The van der Waals surface area contributed by atoms with Gasteiger partial charge in [-0.25, -0.2) is 0 Å². The molecule has 2 heteroatoms. The molecule has 2 aromatic rings. The number of nitrogens with zero attached hydrogens (tertiary/aromatic N) is 1. The molecule has 1 atom stereocenters. The van der Waals surface area contributed by atoms with Crippen LogP contribution in [0, 0.1) is 13.8 Å². The van der Waals surface area contributed by atoms with E-state index in [0.29, 0.717) is 6.42 Å². The van der Waals surface area contributed by atoms with E-state index in [1.807, 2.05) is 44.2 Å². The number of pyridine rings is 1. The van der Waals surface area contributed by atoms with E-state index in [2.05, 4.69) is 11.1 Å². The molecule has 1 heterocycles. The molecule has 0 aliphatic heterocycles. The molecule has 0 bridgehead atoms. The van der Waals surface area contributed by atoms with E-state index in [4.69, 9.17) is 0 Å². The average molecular weight is 227 g/mol. The Morgan fingerprint density at radius 2 is 1.88 bits per heavy atom. The molecule has 0 saturated heterocycles. The van der Waals surface area contributed by atoms with Crippen LogP contribution in [0.5, 0.6) is 0 Å². The van der Waals surface area contributed by atoms with Crippen LogP contribution < -0.4 is 0 Å². The second-order valence-electron chi connectivity index (χ2n) is 4.42. The SMILES string of the molecule is Cc1cnc(C(O)Cc2ccccc2)c(C)c1. The van der Waals surface area contributed by atoms with Gasteiger partial charge in [0.05, 0.1) is 5.69 Å². The van der Waals surface area contributed by atoms with Gasteiger partial charge in [-0.1, -0.05) is 36.4 Å². The quantitative estimate of drug-likeness (QED) is 0.874. The molecule has 17 heavy (non-hydrogen) atoms.